The van der Waals surface area contributed by atoms with Gasteiger partial charge in [0.05, 0.1) is 6.10 Å². The summed E-state index contributed by atoms with van der Waals surface area (Å²) in [5, 5.41) is 9.66. The quantitative estimate of drug-likeness (QED) is 0.564. The van der Waals surface area contributed by atoms with Crippen LogP contribution in [-0.4, -0.2) is 35.2 Å². The van der Waals surface area contributed by atoms with Crippen LogP contribution in [0.3, 0.4) is 0 Å². The first-order chi connectivity index (χ1) is 5.38. The van der Waals surface area contributed by atoms with E-state index in [9.17, 15) is 5.11 Å². The zero-order valence-electron chi connectivity index (χ0n) is 7.00. The van der Waals surface area contributed by atoms with E-state index in [1.165, 1.54) is 38.8 Å². The monoisotopic (exact) mass is 155 g/mol. The van der Waals surface area contributed by atoms with Crippen molar-refractivity contribution < 1.29 is 5.11 Å². The number of fused-ring (bicyclic) bond motifs is 1. The summed E-state index contributed by atoms with van der Waals surface area (Å²) in [6.07, 6.45) is 6.07. The summed E-state index contributed by atoms with van der Waals surface area (Å²) < 4.78 is 0. The standard InChI is InChI=1S/C9H17NO/c11-9-5-3-7-10-6-2-1-4-8(9)10/h8-9,11H,1-7H2. The van der Waals surface area contributed by atoms with E-state index in [1.807, 2.05) is 0 Å². The third-order valence-corrected chi connectivity index (χ3v) is 3.05. The van der Waals surface area contributed by atoms with Crippen LogP contribution in [0.15, 0.2) is 0 Å². The third kappa shape index (κ3) is 1.42. The minimum atomic E-state index is -0.0240. The second kappa shape index (κ2) is 3.11. The summed E-state index contributed by atoms with van der Waals surface area (Å²) in [5.74, 6) is 0. The van der Waals surface area contributed by atoms with Crippen LogP contribution in [0.2, 0.25) is 0 Å². The fourth-order valence-corrected chi connectivity index (χ4v) is 2.43. The number of aliphatic hydroxyl groups excluding tert-OH is 1. The molecule has 11 heavy (non-hydrogen) atoms. The van der Waals surface area contributed by atoms with Crippen molar-refractivity contribution in [1.29, 1.82) is 0 Å². The molecule has 64 valence electrons. The van der Waals surface area contributed by atoms with E-state index in [-0.39, 0.29) is 6.10 Å². The lowest BCUT2D eigenvalue weighted by Gasteiger charge is -2.42. The van der Waals surface area contributed by atoms with Gasteiger partial charge in [-0.2, -0.15) is 0 Å². The summed E-state index contributed by atoms with van der Waals surface area (Å²) in [5.41, 5.74) is 0. The number of hydrogen-bond donors (Lipinski definition) is 1. The number of rotatable bonds is 0. The molecule has 0 aromatic rings. The molecule has 0 amide bonds. The lowest BCUT2D eigenvalue weighted by molar-refractivity contribution is -0.00844. The Hall–Kier alpha value is -0.0800. The average Bonchev–Trinajstić information content (AvgIpc) is 2.06. The maximum absolute atomic E-state index is 9.66. The minimum absolute atomic E-state index is 0.0240. The molecule has 1 N–H and O–H groups in total. The number of piperidine rings is 2. The molecule has 0 bridgehead atoms. The van der Waals surface area contributed by atoms with E-state index in [0.717, 1.165) is 6.42 Å². The van der Waals surface area contributed by atoms with Gasteiger partial charge in [-0.1, -0.05) is 6.42 Å². The highest BCUT2D eigenvalue weighted by Gasteiger charge is 2.31. The zero-order chi connectivity index (χ0) is 7.68. The number of hydrogen-bond acceptors (Lipinski definition) is 2. The molecule has 2 unspecified atom stereocenters. The molecule has 2 aliphatic rings. The van der Waals surface area contributed by atoms with E-state index in [4.69, 9.17) is 0 Å². The fourth-order valence-electron chi connectivity index (χ4n) is 2.43. The molecule has 2 saturated heterocycles. The number of aliphatic hydroxyl groups is 1. The van der Waals surface area contributed by atoms with Gasteiger partial charge < -0.3 is 5.11 Å². The zero-order valence-corrected chi connectivity index (χ0v) is 7.00. The molecule has 2 atom stereocenters. The van der Waals surface area contributed by atoms with Crippen molar-refractivity contribution in [2.75, 3.05) is 13.1 Å². The highest BCUT2D eigenvalue weighted by molar-refractivity contribution is 4.86. The first kappa shape index (κ1) is 7.56. The van der Waals surface area contributed by atoms with Crippen LogP contribution >= 0.6 is 0 Å². The Morgan fingerprint density at radius 2 is 1.82 bits per heavy atom. The van der Waals surface area contributed by atoms with E-state index >= 15 is 0 Å². The van der Waals surface area contributed by atoms with E-state index in [2.05, 4.69) is 4.90 Å². The van der Waals surface area contributed by atoms with Gasteiger partial charge in [0.1, 0.15) is 0 Å². The van der Waals surface area contributed by atoms with Gasteiger partial charge in [-0.3, -0.25) is 4.90 Å². The van der Waals surface area contributed by atoms with Crippen LogP contribution in [0.5, 0.6) is 0 Å². The van der Waals surface area contributed by atoms with Gasteiger partial charge in [0.2, 0.25) is 0 Å². The minimum Gasteiger partial charge on any atom is -0.391 e. The lowest BCUT2D eigenvalue weighted by Crippen LogP contribution is -2.50. The normalized spacial score (nSPS) is 40.1. The van der Waals surface area contributed by atoms with Crippen molar-refractivity contribution in [3.8, 4) is 0 Å². The highest BCUT2D eigenvalue weighted by atomic mass is 16.3. The topological polar surface area (TPSA) is 23.5 Å². The van der Waals surface area contributed by atoms with Crippen molar-refractivity contribution in [1.82, 2.24) is 4.90 Å². The maximum Gasteiger partial charge on any atom is 0.0695 e. The summed E-state index contributed by atoms with van der Waals surface area (Å²) in [4.78, 5) is 2.47. The van der Waals surface area contributed by atoms with E-state index in [1.54, 1.807) is 0 Å². The molecule has 0 aromatic carbocycles. The first-order valence-corrected chi connectivity index (χ1v) is 4.80. The summed E-state index contributed by atoms with van der Waals surface area (Å²) in [6, 6.07) is 0.512. The molecule has 0 radical (unpaired) electrons. The molecule has 2 rings (SSSR count). The predicted octanol–water partition coefficient (Wildman–Crippen LogP) is 0.996. The maximum atomic E-state index is 9.66. The van der Waals surface area contributed by atoms with E-state index in [0.29, 0.717) is 6.04 Å². The lowest BCUT2D eigenvalue weighted by atomic mass is 9.91. The Morgan fingerprint density at radius 1 is 1.00 bits per heavy atom. The molecule has 2 heterocycles. The van der Waals surface area contributed by atoms with Gasteiger partial charge in [-0.05, 0) is 38.8 Å². The van der Waals surface area contributed by atoms with Gasteiger partial charge >= 0.3 is 0 Å². The SMILES string of the molecule is OC1CCCN2CCCCC12. The Balaban J connectivity index is 1.99. The Kier molecular flexibility index (Phi) is 2.14. The van der Waals surface area contributed by atoms with Crippen LogP contribution in [0, 0.1) is 0 Å². The van der Waals surface area contributed by atoms with Crippen LogP contribution in [0.25, 0.3) is 0 Å². The smallest absolute Gasteiger partial charge is 0.0695 e. The largest absolute Gasteiger partial charge is 0.391 e. The van der Waals surface area contributed by atoms with Crippen molar-refractivity contribution >= 4 is 0 Å². The van der Waals surface area contributed by atoms with Crippen molar-refractivity contribution in [2.45, 2.75) is 44.2 Å². The first-order valence-electron chi connectivity index (χ1n) is 4.80. The second-order valence-electron chi connectivity index (χ2n) is 3.81. The van der Waals surface area contributed by atoms with Gasteiger partial charge in [0, 0.05) is 6.04 Å². The Bertz CT molecular complexity index is 136. The molecule has 0 spiro atoms. The third-order valence-electron chi connectivity index (χ3n) is 3.05. The van der Waals surface area contributed by atoms with Gasteiger partial charge in [-0.15, -0.1) is 0 Å². The van der Waals surface area contributed by atoms with Crippen LogP contribution in [0.4, 0.5) is 0 Å². The van der Waals surface area contributed by atoms with Crippen molar-refractivity contribution in [3.63, 3.8) is 0 Å². The fraction of sp³-hybridized carbons (Fsp3) is 1.00. The molecular formula is C9H17NO. The molecule has 0 aliphatic carbocycles. The van der Waals surface area contributed by atoms with Crippen molar-refractivity contribution in [3.05, 3.63) is 0 Å². The number of nitrogens with zero attached hydrogens (tertiary/aromatic N) is 1. The van der Waals surface area contributed by atoms with Gasteiger partial charge in [0.15, 0.2) is 0 Å². The second-order valence-corrected chi connectivity index (χ2v) is 3.81. The predicted molar refractivity (Wildman–Crippen MR) is 44.5 cm³/mol. The Morgan fingerprint density at radius 3 is 2.64 bits per heavy atom. The average molecular weight is 155 g/mol. The van der Waals surface area contributed by atoms with Gasteiger partial charge in [0.25, 0.3) is 0 Å². The van der Waals surface area contributed by atoms with E-state index < -0.39 is 0 Å². The Labute approximate surface area is 68.2 Å². The highest BCUT2D eigenvalue weighted by Crippen LogP contribution is 2.25. The molecular weight excluding hydrogens is 138 g/mol. The van der Waals surface area contributed by atoms with Gasteiger partial charge in [-0.25, -0.2) is 0 Å². The molecule has 2 heteroatoms. The molecule has 0 aromatic heterocycles. The van der Waals surface area contributed by atoms with Crippen LogP contribution in [0.1, 0.15) is 32.1 Å². The molecule has 2 nitrogen and oxygen atoms in total. The summed E-state index contributed by atoms with van der Waals surface area (Å²) in [7, 11) is 0. The summed E-state index contributed by atoms with van der Waals surface area (Å²) in [6.45, 7) is 2.45. The van der Waals surface area contributed by atoms with Crippen molar-refractivity contribution in [2.24, 2.45) is 0 Å². The summed E-state index contributed by atoms with van der Waals surface area (Å²) >= 11 is 0. The van der Waals surface area contributed by atoms with Crippen LogP contribution < -0.4 is 0 Å². The van der Waals surface area contributed by atoms with Crippen LogP contribution in [-0.2, 0) is 0 Å². The molecule has 2 aliphatic heterocycles. The molecule has 2 fully saturated rings. The molecule has 0 saturated carbocycles.